The number of benzene rings is 2. The molecule has 2 heterocycles. The third kappa shape index (κ3) is 3.81. The summed E-state index contributed by atoms with van der Waals surface area (Å²) in [6, 6.07) is 15.6. The average molecular weight is 383 g/mol. The van der Waals surface area contributed by atoms with Crippen LogP contribution in [0.4, 0.5) is 0 Å². The van der Waals surface area contributed by atoms with Crippen LogP contribution in [0.25, 0.3) is 22.7 Å². The van der Waals surface area contributed by atoms with E-state index in [1.807, 2.05) is 36.4 Å². The monoisotopic (exact) mass is 382 g/mol. The molecule has 5 nitrogen and oxygen atoms in total. The molecule has 7 heteroatoms. The number of thioether (sulfide) groups is 1. The fraction of sp³-hybridized carbons (Fsp3) is 0.105. The Morgan fingerprint density at radius 2 is 1.77 bits per heavy atom. The second-order valence-corrected chi connectivity index (χ2v) is 7.13. The largest absolute Gasteiger partial charge is 0.440 e. The lowest BCUT2D eigenvalue weighted by Crippen LogP contribution is -1.82. The van der Waals surface area contributed by atoms with E-state index in [1.54, 1.807) is 6.20 Å². The highest BCUT2D eigenvalue weighted by molar-refractivity contribution is 7.98. The molecule has 0 spiro atoms. The van der Waals surface area contributed by atoms with Gasteiger partial charge in [-0.25, -0.2) is 9.97 Å². The molecule has 0 aliphatic rings. The number of rotatable bonds is 5. The predicted octanol–water partition coefficient (Wildman–Crippen LogP) is 5.38. The van der Waals surface area contributed by atoms with E-state index in [2.05, 4.69) is 39.2 Å². The molecule has 130 valence electrons. The summed E-state index contributed by atoms with van der Waals surface area (Å²) in [6.45, 7) is 2.06. The van der Waals surface area contributed by atoms with Crippen LogP contribution in [0.5, 0.6) is 0 Å². The SMILES string of the molecule is Cc1ccc(-c2nc(SCc3ncc(-c4ccc(Cl)cc4)o3)n[nH]2)cc1. The van der Waals surface area contributed by atoms with Gasteiger partial charge in [-0.2, -0.15) is 0 Å². The molecular weight excluding hydrogens is 368 g/mol. The van der Waals surface area contributed by atoms with Crippen LogP contribution in [0.3, 0.4) is 0 Å². The van der Waals surface area contributed by atoms with Gasteiger partial charge in [-0.15, -0.1) is 5.10 Å². The third-order valence-corrected chi connectivity index (χ3v) is 4.88. The molecule has 0 aliphatic carbocycles. The minimum atomic E-state index is 0.554. The summed E-state index contributed by atoms with van der Waals surface area (Å²) in [5, 5.41) is 8.57. The number of hydrogen-bond donors (Lipinski definition) is 1. The first-order valence-electron chi connectivity index (χ1n) is 8.00. The topological polar surface area (TPSA) is 67.6 Å². The number of aryl methyl sites for hydroxylation is 1. The number of nitrogens with one attached hydrogen (secondary N) is 1. The van der Waals surface area contributed by atoms with Gasteiger partial charge in [0.15, 0.2) is 11.6 Å². The number of H-pyrrole nitrogens is 1. The molecule has 26 heavy (non-hydrogen) atoms. The molecular formula is C19H15ClN4OS. The predicted molar refractivity (Wildman–Crippen MR) is 103 cm³/mol. The standard InChI is InChI=1S/C19H15ClN4OS/c1-12-2-4-14(5-3-12)18-22-19(24-23-18)26-11-17-21-10-16(25-17)13-6-8-15(20)9-7-13/h2-10H,11H2,1H3,(H,22,23,24). The van der Waals surface area contributed by atoms with Crippen molar-refractivity contribution in [2.24, 2.45) is 0 Å². The van der Waals surface area contributed by atoms with Gasteiger partial charge >= 0.3 is 0 Å². The van der Waals surface area contributed by atoms with Crippen molar-refractivity contribution in [2.75, 3.05) is 0 Å². The van der Waals surface area contributed by atoms with Crippen LogP contribution in [0.1, 0.15) is 11.5 Å². The van der Waals surface area contributed by atoms with Crippen LogP contribution in [0, 0.1) is 6.92 Å². The Kier molecular flexibility index (Phi) is 4.77. The van der Waals surface area contributed by atoms with Gasteiger partial charge in [-0.05, 0) is 31.2 Å². The Hall–Kier alpha value is -2.57. The minimum Gasteiger partial charge on any atom is -0.440 e. The quantitative estimate of drug-likeness (QED) is 0.469. The number of aromatic amines is 1. The molecule has 2 aromatic carbocycles. The normalized spacial score (nSPS) is 11.0. The van der Waals surface area contributed by atoms with Crippen molar-refractivity contribution < 1.29 is 4.42 Å². The Morgan fingerprint density at radius 1 is 1.04 bits per heavy atom. The summed E-state index contributed by atoms with van der Waals surface area (Å²) in [7, 11) is 0. The second kappa shape index (κ2) is 7.35. The summed E-state index contributed by atoms with van der Waals surface area (Å²) < 4.78 is 5.80. The molecule has 2 aromatic heterocycles. The van der Waals surface area contributed by atoms with Gasteiger partial charge in [0.05, 0.1) is 11.9 Å². The van der Waals surface area contributed by atoms with Crippen molar-refractivity contribution in [1.82, 2.24) is 20.2 Å². The van der Waals surface area contributed by atoms with Crippen molar-refractivity contribution >= 4 is 23.4 Å². The van der Waals surface area contributed by atoms with Crippen LogP contribution in [0.2, 0.25) is 5.02 Å². The second-order valence-electron chi connectivity index (χ2n) is 5.75. The van der Waals surface area contributed by atoms with E-state index in [9.17, 15) is 0 Å². The third-order valence-electron chi connectivity index (χ3n) is 3.80. The van der Waals surface area contributed by atoms with Crippen LogP contribution in [-0.2, 0) is 5.75 Å². The maximum absolute atomic E-state index is 5.91. The van der Waals surface area contributed by atoms with Crippen LogP contribution < -0.4 is 0 Å². The van der Waals surface area contributed by atoms with Gasteiger partial charge in [0, 0.05) is 16.1 Å². The van der Waals surface area contributed by atoms with E-state index < -0.39 is 0 Å². The summed E-state index contributed by atoms with van der Waals surface area (Å²) in [5.74, 6) is 2.65. The van der Waals surface area contributed by atoms with Crippen LogP contribution >= 0.6 is 23.4 Å². The van der Waals surface area contributed by atoms with Gasteiger partial charge in [-0.3, -0.25) is 5.10 Å². The number of hydrogen-bond acceptors (Lipinski definition) is 5. The lowest BCUT2D eigenvalue weighted by molar-refractivity contribution is 0.530. The molecule has 4 rings (SSSR count). The zero-order valence-electron chi connectivity index (χ0n) is 13.9. The summed E-state index contributed by atoms with van der Waals surface area (Å²) in [5.41, 5.74) is 3.16. The molecule has 0 radical (unpaired) electrons. The highest BCUT2D eigenvalue weighted by Gasteiger charge is 2.10. The number of aromatic nitrogens is 4. The Labute approximate surface area is 159 Å². The van der Waals surface area contributed by atoms with Crippen molar-refractivity contribution in [3.8, 4) is 22.7 Å². The zero-order chi connectivity index (χ0) is 17.9. The molecule has 0 saturated carbocycles. The van der Waals surface area contributed by atoms with E-state index >= 15 is 0 Å². The maximum atomic E-state index is 5.91. The van der Waals surface area contributed by atoms with Gasteiger partial charge in [0.2, 0.25) is 11.0 Å². The minimum absolute atomic E-state index is 0.554. The van der Waals surface area contributed by atoms with E-state index in [0.717, 1.165) is 17.0 Å². The first-order valence-corrected chi connectivity index (χ1v) is 9.36. The molecule has 0 unspecified atom stereocenters. The molecule has 0 bridgehead atoms. The van der Waals surface area contributed by atoms with Gasteiger partial charge in [0.1, 0.15) is 0 Å². The fourth-order valence-corrected chi connectivity index (χ4v) is 3.18. The van der Waals surface area contributed by atoms with Crippen molar-refractivity contribution in [2.45, 2.75) is 17.8 Å². The van der Waals surface area contributed by atoms with Gasteiger partial charge < -0.3 is 4.42 Å². The van der Waals surface area contributed by atoms with E-state index in [4.69, 9.17) is 16.0 Å². The Balaban J connectivity index is 1.42. The maximum Gasteiger partial charge on any atom is 0.209 e. The molecule has 0 saturated heterocycles. The van der Waals surface area contributed by atoms with Gasteiger partial charge in [-0.1, -0.05) is 53.2 Å². The molecule has 0 fully saturated rings. The van der Waals surface area contributed by atoms with Crippen LogP contribution in [0.15, 0.2) is 64.3 Å². The first kappa shape index (κ1) is 16.9. The van der Waals surface area contributed by atoms with Gasteiger partial charge in [0.25, 0.3) is 0 Å². The highest BCUT2D eigenvalue weighted by Crippen LogP contribution is 2.26. The summed E-state index contributed by atoms with van der Waals surface area (Å²) >= 11 is 7.38. The molecule has 1 N–H and O–H groups in total. The summed E-state index contributed by atoms with van der Waals surface area (Å²) in [4.78, 5) is 8.83. The molecule has 0 aliphatic heterocycles. The summed E-state index contributed by atoms with van der Waals surface area (Å²) in [6.07, 6.45) is 1.72. The first-order chi connectivity index (χ1) is 12.7. The smallest absolute Gasteiger partial charge is 0.209 e. The van der Waals surface area contributed by atoms with Crippen molar-refractivity contribution in [3.05, 3.63) is 71.2 Å². The molecule has 0 amide bonds. The lowest BCUT2D eigenvalue weighted by atomic mass is 10.1. The lowest BCUT2D eigenvalue weighted by Gasteiger charge is -1.96. The Morgan fingerprint density at radius 3 is 2.54 bits per heavy atom. The molecule has 4 aromatic rings. The van der Waals surface area contributed by atoms with Crippen LogP contribution in [-0.4, -0.2) is 20.2 Å². The number of halogens is 1. The van der Waals surface area contributed by atoms with E-state index in [0.29, 0.717) is 27.6 Å². The van der Waals surface area contributed by atoms with E-state index in [1.165, 1.54) is 17.3 Å². The number of oxazole rings is 1. The molecule has 0 atom stereocenters. The highest BCUT2D eigenvalue weighted by atomic mass is 35.5. The zero-order valence-corrected chi connectivity index (χ0v) is 15.5. The van der Waals surface area contributed by atoms with E-state index in [-0.39, 0.29) is 0 Å². The van der Waals surface area contributed by atoms with Crippen molar-refractivity contribution in [3.63, 3.8) is 0 Å². The Bertz CT molecular complexity index is 925. The van der Waals surface area contributed by atoms with Crippen molar-refractivity contribution in [1.29, 1.82) is 0 Å². The average Bonchev–Trinajstić information content (AvgIpc) is 3.31. The number of nitrogens with zero attached hydrogens (tertiary/aromatic N) is 3. The fourth-order valence-electron chi connectivity index (χ4n) is 2.40.